The van der Waals surface area contributed by atoms with E-state index in [1.807, 2.05) is 12.3 Å². The third kappa shape index (κ3) is 4.89. The number of ketones is 1. The third-order valence-electron chi connectivity index (χ3n) is 5.21. The van der Waals surface area contributed by atoms with E-state index in [4.69, 9.17) is 11.6 Å². The van der Waals surface area contributed by atoms with E-state index in [2.05, 4.69) is 10.3 Å². The van der Waals surface area contributed by atoms with Gasteiger partial charge in [0, 0.05) is 34.5 Å². The summed E-state index contributed by atoms with van der Waals surface area (Å²) in [5.74, 6) is -1.58. The second kappa shape index (κ2) is 10.3. The van der Waals surface area contributed by atoms with Crippen molar-refractivity contribution in [2.45, 2.75) is 26.3 Å². The molecule has 0 radical (unpaired) electrons. The van der Waals surface area contributed by atoms with Gasteiger partial charge < -0.3 is 10.3 Å². The quantitative estimate of drug-likeness (QED) is 0.372. The predicted molar refractivity (Wildman–Crippen MR) is 126 cm³/mol. The van der Waals surface area contributed by atoms with Crippen molar-refractivity contribution in [3.8, 4) is 11.1 Å². The number of Topliss-reactive ketones (excluding diaryl/α,β-unsaturated/α-hetero) is 1. The first kappa shape index (κ1) is 24.0. The van der Waals surface area contributed by atoms with E-state index in [1.165, 1.54) is 24.9 Å². The minimum atomic E-state index is -0.710. The Kier molecular flexibility index (Phi) is 7.74. The van der Waals surface area contributed by atoms with Crippen LogP contribution in [-0.2, 0) is 0 Å². The van der Waals surface area contributed by atoms with Crippen molar-refractivity contribution in [2.24, 2.45) is 0 Å². The number of H-pyrrole nitrogens is 1. The minimum absolute atomic E-state index is 0.0271. The molecule has 0 aliphatic rings. The normalized spacial score (nSPS) is 11.9. The molecule has 1 amide bonds. The maximum absolute atomic E-state index is 14.8. The molecule has 1 heterocycles. The molecule has 1 unspecified atom stereocenters. The largest absolute Gasteiger partial charge is 0.357 e. The number of hydrogen-bond acceptors (Lipinski definition) is 3. The van der Waals surface area contributed by atoms with E-state index in [-0.39, 0.29) is 46.2 Å². The number of aromatic nitrogens is 1. The van der Waals surface area contributed by atoms with Gasteiger partial charge in [-0.3, -0.25) is 9.59 Å². The first-order valence-electron chi connectivity index (χ1n) is 10.0. The molecule has 3 aromatic rings. The van der Waals surface area contributed by atoms with Crippen molar-refractivity contribution in [1.29, 1.82) is 0 Å². The Morgan fingerprint density at radius 3 is 2.53 bits per heavy atom. The number of carbonyl (C=O) groups excluding carboxylic acids is 2. The summed E-state index contributed by atoms with van der Waals surface area (Å²) in [6, 6.07) is 8.80. The number of rotatable bonds is 8. The molecule has 168 valence electrons. The molecular weight excluding hydrogens is 454 g/mol. The van der Waals surface area contributed by atoms with Crippen molar-refractivity contribution < 1.29 is 18.4 Å². The second-order valence-corrected chi connectivity index (χ2v) is 8.64. The molecule has 0 spiro atoms. The number of amides is 1. The zero-order valence-electron chi connectivity index (χ0n) is 17.9. The van der Waals surface area contributed by atoms with E-state index >= 15 is 0 Å². The van der Waals surface area contributed by atoms with Crippen LogP contribution in [0.3, 0.4) is 0 Å². The fourth-order valence-electron chi connectivity index (χ4n) is 3.57. The highest BCUT2D eigenvalue weighted by Crippen LogP contribution is 2.35. The molecule has 2 aromatic carbocycles. The summed E-state index contributed by atoms with van der Waals surface area (Å²) < 4.78 is 29.1. The van der Waals surface area contributed by atoms with Crippen LogP contribution in [0.15, 0.2) is 42.6 Å². The summed E-state index contributed by atoms with van der Waals surface area (Å²) in [7, 11) is 0. The summed E-state index contributed by atoms with van der Waals surface area (Å²) in [6.45, 7) is 3.08. The third-order valence-corrected chi connectivity index (χ3v) is 6.11. The van der Waals surface area contributed by atoms with Crippen LogP contribution in [-0.4, -0.2) is 28.7 Å². The lowest BCUT2D eigenvalue weighted by atomic mass is 9.94. The van der Waals surface area contributed by atoms with Gasteiger partial charge in [0.05, 0.1) is 17.3 Å². The molecule has 2 N–H and O–H groups in total. The van der Waals surface area contributed by atoms with E-state index in [0.717, 1.165) is 17.7 Å². The lowest BCUT2D eigenvalue weighted by Crippen LogP contribution is -2.30. The van der Waals surface area contributed by atoms with Crippen LogP contribution < -0.4 is 5.32 Å². The zero-order valence-corrected chi connectivity index (χ0v) is 19.5. The van der Waals surface area contributed by atoms with E-state index in [9.17, 15) is 18.4 Å². The molecule has 0 aliphatic heterocycles. The number of aromatic amines is 1. The number of hydrogen-bond donors (Lipinski definition) is 2. The smallest absolute Gasteiger partial charge is 0.253 e. The van der Waals surface area contributed by atoms with E-state index in [0.29, 0.717) is 10.8 Å². The van der Waals surface area contributed by atoms with Gasteiger partial charge in [-0.1, -0.05) is 30.7 Å². The average molecular weight is 477 g/mol. The van der Waals surface area contributed by atoms with Crippen LogP contribution in [0.2, 0.25) is 5.02 Å². The Bertz CT molecular complexity index is 1160. The molecule has 0 bridgehead atoms. The Morgan fingerprint density at radius 2 is 1.88 bits per heavy atom. The number of nitrogens with one attached hydrogen (secondary N) is 2. The number of thioether (sulfide) groups is 1. The average Bonchev–Trinajstić information content (AvgIpc) is 3.20. The van der Waals surface area contributed by atoms with Crippen LogP contribution in [0.25, 0.3) is 11.1 Å². The highest BCUT2D eigenvalue weighted by Gasteiger charge is 2.27. The monoisotopic (exact) mass is 476 g/mol. The predicted octanol–water partition coefficient (Wildman–Crippen LogP) is 6.35. The van der Waals surface area contributed by atoms with Gasteiger partial charge in [-0.15, -0.1) is 0 Å². The zero-order chi connectivity index (χ0) is 23.4. The number of halogens is 3. The van der Waals surface area contributed by atoms with Crippen molar-refractivity contribution in [3.05, 3.63) is 81.6 Å². The van der Waals surface area contributed by atoms with Crippen LogP contribution in [0.4, 0.5) is 8.78 Å². The van der Waals surface area contributed by atoms with Crippen LogP contribution >= 0.6 is 23.4 Å². The van der Waals surface area contributed by atoms with Crippen molar-refractivity contribution in [1.82, 2.24) is 10.3 Å². The van der Waals surface area contributed by atoms with Gasteiger partial charge in [-0.05, 0) is 48.6 Å². The Balaban J connectivity index is 2.10. The summed E-state index contributed by atoms with van der Waals surface area (Å²) in [6.07, 6.45) is 3.42. The van der Waals surface area contributed by atoms with Gasteiger partial charge in [0.1, 0.15) is 11.6 Å². The molecular formula is C24H23ClF2N2O2S. The van der Waals surface area contributed by atoms with Gasteiger partial charge in [0.2, 0.25) is 0 Å². The summed E-state index contributed by atoms with van der Waals surface area (Å²) in [5.41, 5.74) is 0.960. The van der Waals surface area contributed by atoms with Crippen LogP contribution in [0.1, 0.15) is 51.4 Å². The first-order valence-corrected chi connectivity index (χ1v) is 11.8. The Labute approximate surface area is 194 Å². The summed E-state index contributed by atoms with van der Waals surface area (Å²) in [5, 5.41) is 3.49. The standard InChI is InChI=1S/C24H23ClF2N2O2S/c1-4-20(30)23-22(21-13(2)17(26)8-9-18(21)27)16(11-28-23)24(31)29-19(12-32-3)14-6-5-7-15(25)10-14/h5-11,19,28H,4,12H2,1-3H3,(H,29,31). The fraction of sp³-hybridized carbons (Fsp3) is 0.250. The molecule has 4 nitrogen and oxygen atoms in total. The van der Waals surface area contributed by atoms with Gasteiger partial charge in [0.15, 0.2) is 5.78 Å². The molecule has 1 aromatic heterocycles. The first-order chi connectivity index (χ1) is 15.3. The molecule has 0 aliphatic carbocycles. The van der Waals surface area contributed by atoms with Gasteiger partial charge in [-0.25, -0.2) is 8.78 Å². The van der Waals surface area contributed by atoms with E-state index < -0.39 is 17.5 Å². The fourth-order valence-corrected chi connectivity index (χ4v) is 4.37. The maximum atomic E-state index is 14.8. The highest BCUT2D eigenvalue weighted by atomic mass is 35.5. The minimum Gasteiger partial charge on any atom is -0.357 e. The van der Waals surface area contributed by atoms with Crippen LogP contribution in [0, 0.1) is 18.6 Å². The molecule has 0 fully saturated rings. The molecule has 0 saturated heterocycles. The molecule has 0 saturated carbocycles. The molecule has 8 heteroatoms. The summed E-state index contributed by atoms with van der Waals surface area (Å²) in [4.78, 5) is 28.7. The van der Waals surface area contributed by atoms with Crippen LogP contribution in [0.5, 0.6) is 0 Å². The lowest BCUT2D eigenvalue weighted by molar-refractivity contribution is 0.0941. The summed E-state index contributed by atoms with van der Waals surface area (Å²) >= 11 is 7.65. The molecule has 1 atom stereocenters. The van der Waals surface area contributed by atoms with Gasteiger partial charge in [0.25, 0.3) is 5.91 Å². The topological polar surface area (TPSA) is 62.0 Å². The SMILES string of the molecule is CCC(=O)c1[nH]cc(C(=O)NC(CSC)c2cccc(Cl)c2)c1-c1c(F)ccc(F)c1C. The Hall–Kier alpha value is -2.64. The molecule has 3 rings (SSSR count). The number of benzene rings is 2. The Morgan fingerprint density at radius 1 is 1.16 bits per heavy atom. The van der Waals surface area contributed by atoms with Crippen molar-refractivity contribution in [3.63, 3.8) is 0 Å². The van der Waals surface area contributed by atoms with E-state index in [1.54, 1.807) is 25.1 Å². The maximum Gasteiger partial charge on any atom is 0.253 e. The van der Waals surface area contributed by atoms with Gasteiger partial charge >= 0.3 is 0 Å². The lowest BCUT2D eigenvalue weighted by Gasteiger charge is -2.19. The van der Waals surface area contributed by atoms with Crippen molar-refractivity contribution >= 4 is 35.1 Å². The van der Waals surface area contributed by atoms with Crippen molar-refractivity contribution in [2.75, 3.05) is 12.0 Å². The highest BCUT2D eigenvalue weighted by molar-refractivity contribution is 7.98. The van der Waals surface area contributed by atoms with Gasteiger partial charge in [-0.2, -0.15) is 11.8 Å². The second-order valence-electron chi connectivity index (χ2n) is 7.29. The molecule has 32 heavy (non-hydrogen) atoms. The number of carbonyl (C=O) groups is 2.